The molecule has 0 bridgehead atoms. The molecule has 1 amide bonds. The van der Waals surface area contributed by atoms with E-state index in [1.54, 1.807) is 17.9 Å². The fraction of sp³-hybridized carbons (Fsp3) is 0.500. The number of para-hydroxylation sites is 1. The fourth-order valence-electron chi connectivity index (χ4n) is 3.68. The molecule has 8 heteroatoms. The number of piperidine rings is 1. The molecule has 1 fully saturated rings. The number of sulfone groups is 1. The first-order valence-electron chi connectivity index (χ1n) is 9.56. The van der Waals surface area contributed by atoms with Crippen molar-refractivity contribution in [3.63, 3.8) is 0 Å². The molecule has 2 aliphatic heterocycles. The summed E-state index contributed by atoms with van der Waals surface area (Å²) in [7, 11) is -3.28. The van der Waals surface area contributed by atoms with Crippen molar-refractivity contribution in [3.05, 3.63) is 41.8 Å². The van der Waals surface area contributed by atoms with Crippen LogP contribution in [0.5, 0.6) is 0 Å². The summed E-state index contributed by atoms with van der Waals surface area (Å²) in [5, 5.41) is 1.19. The Bertz CT molecular complexity index is 829. The quantitative estimate of drug-likeness (QED) is 0.668. The molecule has 0 N–H and O–H groups in total. The van der Waals surface area contributed by atoms with Crippen molar-refractivity contribution in [1.29, 1.82) is 0 Å². The molecule has 152 valence electrons. The average molecular weight is 407 g/mol. The summed E-state index contributed by atoms with van der Waals surface area (Å²) in [6, 6.07) is 8.62. The SMILES string of the molecule is CCOC(=O)C1CCN(CC(=O)N(c2ccccc2)[C@@H]2C=CS(=O)(=O)C2)CC1. The second-order valence-corrected chi connectivity index (χ2v) is 9.06. The Balaban J connectivity index is 1.66. The van der Waals surface area contributed by atoms with E-state index in [0.717, 1.165) is 0 Å². The van der Waals surface area contributed by atoms with Gasteiger partial charge >= 0.3 is 5.97 Å². The summed E-state index contributed by atoms with van der Waals surface area (Å²) < 4.78 is 28.8. The fourth-order valence-corrected chi connectivity index (χ4v) is 4.95. The van der Waals surface area contributed by atoms with E-state index in [2.05, 4.69) is 0 Å². The van der Waals surface area contributed by atoms with Crippen molar-refractivity contribution < 1.29 is 22.7 Å². The van der Waals surface area contributed by atoms with Gasteiger partial charge in [-0.3, -0.25) is 14.5 Å². The maximum atomic E-state index is 13.1. The topological polar surface area (TPSA) is 84.0 Å². The van der Waals surface area contributed by atoms with Gasteiger partial charge in [-0.1, -0.05) is 18.2 Å². The van der Waals surface area contributed by atoms with Crippen LogP contribution in [0.1, 0.15) is 19.8 Å². The van der Waals surface area contributed by atoms with Crippen LogP contribution in [-0.2, 0) is 24.2 Å². The van der Waals surface area contributed by atoms with Gasteiger partial charge in [0.2, 0.25) is 5.91 Å². The average Bonchev–Trinajstić information content (AvgIpc) is 3.03. The molecule has 2 heterocycles. The normalized spacial score (nSPS) is 22.1. The van der Waals surface area contributed by atoms with E-state index in [9.17, 15) is 18.0 Å². The number of nitrogens with zero attached hydrogens (tertiary/aromatic N) is 2. The molecule has 0 unspecified atom stereocenters. The molecule has 3 rings (SSSR count). The lowest BCUT2D eigenvalue weighted by molar-refractivity contribution is -0.149. The number of carbonyl (C=O) groups is 2. The molecule has 0 radical (unpaired) electrons. The predicted octanol–water partition coefficient (Wildman–Crippen LogP) is 1.61. The van der Waals surface area contributed by atoms with Crippen LogP contribution in [0.4, 0.5) is 5.69 Å². The zero-order valence-corrected chi connectivity index (χ0v) is 16.8. The van der Waals surface area contributed by atoms with Crippen molar-refractivity contribution in [3.8, 4) is 0 Å². The van der Waals surface area contributed by atoms with Gasteiger partial charge < -0.3 is 9.64 Å². The summed E-state index contributed by atoms with van der Waals surface area (Å²) in [5.74, 6) is -0.522. The second kappa shape index (κ2) is 8.87. The summed E-state index contributed by atoms with van der Waals surface area (Å²) in [6.45, 7) is 3.63. The van der Waals surface area contributed by atoms with Crippen molar-refractivity contribution in [2.75, 3.05) is 36.9 Å². The summed E-state index contributed by atoms with van der Waals surface area (Å²) in [4.78, 5) is 28.5. The standard InChI is InChI=1S/C20H26N2O5S/c1-2-27-20(24)16-8-11-21(12-9-16)14-19(23)22(17-6-4-3-5-7-17)18-10-13-28(25,26)15-18/h3-7,10,13,16,18H,2,8-9,11-12,14-15H2,1H3/t18-/m1/s1. The minimum atomic E-state index is -3.28. The van der Waals surface area contributed by atoms with Crippen LogP contribution in [-0.4, -0.2) is 63.2 Å². The Hall–Kier alpha value is -2.19. The Labute approximate surface area is 165 Å². The van der Waals surface area contributed by atoms with Crippen LogP contribution < -0.4 is 4.90 Å². The number of hydrogen-bond acceptors (Lipinski definition) is 6. The highest BCUT2D eigenvalue weighted by Crippen LogP contribution is 2.24. The van der Waals surface area contributed by atoms with Gasteiger partial charge in [-0.15, -0.1) is 0 Å². The second-order valence-electron chi connectivity index (χ2n) is 7.13. The number of amides is 1. The molecule has 0 aromatic heterocycles. The number of anilines is 1. The highest BCUT2D eigenvalue weighted by atomic mass is 32.2. The Kier molecular flexibility index (Phi) is 6.51. The molecule has 1 aromatic rings. The third-order valence-electron chi connectivity index (χ3n) is 5.11. The number of ether oxygens (including phenoxy) is 1. The number of carbonyl (C=O) groups excluding carboxylic acids is 2. The highest BCUT2D eigenvalue weighted by Gasteiger charge is 2.33. The van der Waals surface area contributed by atoms with Crippen LogP contribution in [0, 0.1) is 5.92 Å². The van der Waals surface area contributed by atoms with Crippen molar-refractivity contribution in [2.45, 2.75) is 25.8 Å². The number of esters is 1. The van der Waals surface area contributed by atoms with Crippen LogP contribution >= 0.6 is 0 Å². The zero-order chi connectivity index (χ0) is 20.1. The maximum absolute atomic E-state index is 13.1. The predicted molar refractivity (Wildman–Crippen MR) is 106 cm³/mol. The molecule has 2 aliphatic rings. The van der Waals surface area contributed by atoms with Gasteiger partial charge in [-0.2, -0.15) is 0 Å². The first kappa shape index (κ1) is 20.5. The minimum Gasteiger partial charge on any atom is -0.466 e. The molecule has 0 saturated carbocycles. The maximum Gasteiger partial charge on any atom is 0.309 e. The Morgan fingerprint density at radius 1 is 1.18 bits per heavy atom. The van der Waals surface area contributed by atoms with Crippen molar-refractivity contribution in [2.24, 2.45) is 5.92 Å². The van der Waals surface area contributed by atoms with E-state index >= 15 is 0 Å². The molecule has 0 spiro atoms. The van der Waals surface area contributed by atoms with Crippen molar-refractivity contribution >= 4 is 27.4 Å². The first-order valence-corrected chi connectivity index (χ1v) is 11.3. The van der Waals surface area contributed by atoms with Gasteiger partial charge in [0.1, 0.15) is 0 Å². The summed E-state index contributed by atoms with van der Waals surface area (Å²) in [6.07, 6.45) is 2.90. The van der Waals surface area contributed by atoms with E-state index in [0.29, 0.717) is 38.2 Å². The number of rotatable bonds is 6. The Morgan fingerprint density at radius 2 is 1.86 bits per heavy atom. The van der Waals surface area contributed by atoms with E-state index in [1.165, 1.54) is 5.41 Å². The number of benzene rings is 1. The summed E-state index contributed by atoms with van der Waals surface area (Å²) >= 11 is 0. The van der Waals surface area contributed by atoms with Gasteiger partial charge in [0.15, 0.2) is 9.84 Å². The van der Waals surface area contributed by atoms with Gasteiger partial charge in [0, 0.05) is 11.1 Å². The van der Waals surface area contributed by atoms with Gasteiger partial charge in [-0.05, 0) is 51.1 Å². The lowest BCUT2D eigenvalue weighted by atomic mass is 9.97. The number of likely N-dealkylation sites (tertiary alicyclic amines) is 1. The molecule has 7 nitrogen and oxygen atoms in total. The largest absolute Gasteiger partial charge is 0.466 e. The Morgan fingerprint density at radius 3 is 2.43 bits per heavy atom. The highest BCUT2D eigenvalue weighted by molar-refractivity contribution is 7.94. The first-order chi connectivity index (χ1) is 13.4. The lowest BCUT2D eigenvalue weighted by Crippen LogP contribution is -2.48. The van der Waals surface area contributed by atoms with Crippen LogP contribution in [0.25, 0.3) is 0 Å². The summed E-state index contributed by atoms with van der Waals surface area (Å²) in [5.41, 5.74) is 0.681. The van der Waals surface area contributed by atoms with Gasteiger partial charge in [0.05, 0.1) is 30.9 Å². The van der Waals surface area contributed by atoms with E-state index < -0.39 is 15.9 Å². The number of hydrogen-bond donors (Lipinski definition) is 0. The zero-order valence-electron chi connectivity index (χ0n) is 16.0. The lowest BCUT2D eigenvalue weighted by Gasteiger charge is -2.33. The van der Waals surface area contributed by atoms with E-state index in [4.69, 9.17) is 4.74 Å². The molecule has 0 aliphatic carbocycles. The smallest absolute Gasteiger partial charge is 0.309 e. The molecular weight excluding hydrogens is 380 g/mol. The molecule has 1 atom stereocenters. The minimum absolute atomic E-state index is 0.0986. The molecule has 28 heavy (non-hydrogen) atoms. The molecule has 1 aromatic carbocycles. The third kappa shape index (κ3) is 4.99. The van der Waals surface area contributed by atoms with Crippen LogP contribution in [0.15, 0.2) is 41.8 Å². The van der Waals surface area contributed by atoms with Gasteiger partial charge in [-0.25, -0.2) is 8.42 Å². The molecule has 1 saturated heterocycles. The van der Waals surface area contributed by atoms with Crippen molar-refractivity contribution in [1.82, 2.24) is 4.90 Å². The van der Waals surface area contributed by atoms with E-state index in [-0.39, 0.29) is 30.1 Å². The van der Waals surface area contributed by atoms with Gasteiger partial charge in [0.25, 0.3) is 0 Å². The molecular formula is C20H26N2O5S. The van der Waals surface area contributed by atoms with Crippen LogP contribution in [0.2, 0.25) is 0 Å². The van der Waals surface area contributed by atoms with E-state index in [1.807, 2.05) is 35.2 Å². The van der Waals surface area contributed by atoms with Crippen LogP contribution in [0.3, 0.4) is 0 Å². The third-order valence-corrected chi connectivity index (χ3v) is 6.49. The monoisotopic (exact) mass is 406 g/mol.